The predicted octanol–water partition coefficient (Wildman–Crippen LogP) is 4.10. The third kappa shape index (κ3) is 6.26. The lowest BCUT2D eigenvalue weighted by atomic mass is 10.1. The van der Waals surface area contributed by atoms with Gasteiger partial charge in [-0.15, -0.1) is 11.8 Å². The Morgan fingerprint density at radius 1 is 1.13 bits per heavy atom. The van der Waals surface area contributed by atoms with Gasteiger partial charge < -0.3 is 11.1 Å². The lowest BCUT2D eigenvalue weighted by Crippen LogP contribution is -2.45. The number of hydrogen-bond acceptors (Lipinski definition) is 3. The number of carbonyl (C=O) groups excluding carboxylic acids is 1. The Morgan fingerprint density at radius 2 is 1.74 bits per heavy atom. The van der Waals surface area contributed by atoms with Crippen molar-refractivity contribution in [3.05, 3.63) is 64.7 Å². The molecule has 2 aromatic rings. The van der Waals surface area contributed by atoms with Gasteiger partial charge in [0.05, 0.1) is 0 Å². The van der Waals surface area contributed by atoms with E-state index in [-0.39, 0.29) is 5.91 Å². The van der Waals surface area contributed by atoms with Crippen LogP contribution in [0.25, 0.3) is 0 Å². The largest absolute Gasteiger partial charge is 0.350 e. The zero-order valence-corrected chi connectivity index (χ0v) is 14.9. The SMILES string of the molecule is CC(C)(N)CNC(=O)c1ccc(CSc2ccc(Cl)cc2)cc1. The van der Waals surface area contributed by atoms with Gasteiger partial charge in [-0.2, -0.15) is 0 Å². The Labute approximate surface area is 146 Å². The molecule has 5 heteroatoms. The van der Waals surface area contributed by atoms with Crippen LogP contribution in [0, 0.1) is 0 Å². The van der Waals surface area contributed by atoms with Gasteiger partial charge in [0.1, 0.15) is 0 Å². The molecule has 2 rings (SSSR count). The summed E-state index contributed by atoms with van der Waals surface area (Å²) in [5, 5.41) is 3.58. The highest BCUT2D eigenvalue weighted by molar-refractivity contribution is 7.98. The zero-order chi connectivity index (χ0) is 16.9. The Bertz CT molecular complexity index is 648. The highest BCUT2D eigenvalue weighted by atomic mass is 35.5. The highest BCUT2D eigenvalue weighted by Gasteiger charge is 2.13. The lowest BCUT2D eigenvalue weighted by Gasteiger charge is -2.18. The first kappa shape index (κ1) is 17.9. The zero-order valence-electron chi connectivity index (χ0n) is 13.3. The van der Waals surface area contributed by atoms with Crippen LogP contribution >= 0.6 is 23.4 Å². The van der Waals surface area contributed by atoms with E-state index in [1.54, 1.807) is 11.8 Å². The molecule has 0 radical (unpaired) electrons. The molecule has 0 aliphatic heterocycles. The number of amides is 1. The van der Waals surface area contributed by atoms with Crippen molar-refractivity contribution in [3.63, 3.8) is 0 Å². The van der Waals surface area contributed by atoms with Gasteiger partial charge in [0.25, 0.3) is 5.91 Å². The number of nitrogens with one attached hydrogen (secondary N) is 1. The van der Waals surface area contributed by atoms with Crippen LogP contribution in [0.15, 0.2) is 53.4 Å². The van der Waals surface area contributed by atoms with Crippen molar-refractivity contribution in [3.8, 4) is 0 Å². The second-order valence-electron chi connectivity index (χ2n) is 6.11. The summed E-state index contributed by atoms with van der Waals surface area (Å²) in [4.78, 5) is 13.2. The van der Waals surface area contributed by atoms with E-state index in [1.807, 2.05) is 62.4 Å². The molecule has 0 fully saturated rings. The van der Waals surface area contributed by atoms with Gasteiger partial charge in [0.15, 0.2) is 0 Å². The average Bonchev–Trinajstić information content (AvgIpc) is 2.52. The fourth-order valence-electron chi connectivity index (χ4n) is 1.86. The number of benzene rings is 2. The van der Waals surface area contributed by atoms with E-state index in [0.717, 1.165) is 10.8 Å². The molecule has 122 valence electrons. The summed E-state index contributed by atoms with van der Waals surface area (Å²) in [6.07, 6.45) is 0. The van der Waals surface area contributed by atoms with Crippen LogP contribution in [0.5, 0.6) is 0 Å². The molecule has 0 saturated heterocycles. The molecular formula is C18H21ClN2OS. The number of thioether (sulfide) groups is 1. The van der Waals surface area contributed by atoms with E-state index in [9.17, 15) is 4.79 Å². The average molecular weight is 349 g/mol. The molecule has 0 atom stereocenters. The van der Waals surface area contributed by atoms with E-state index in [0.29, 0.717) is 12.1 Å². The minimum Gasteiger partial charge on any atom is -0.350 e. The van der Waals surface area contributed by atoms with Crippen molar-refractivity contribution in [1.29, 1.82) is 0 Å². The summed E-state index contributed by atoms with van der Waals surface area (Å²) in [5.74, 6) is 0.750. The van der Waals surface area contributed by atoms with Crippen LogP contribution in [-0.2, 0) is 5.75 Å². The Balaban J connectivity index is 1.89. The third-order valence-electron chi connectivity index (χ3n) is 3.14. The molecule has 3 nitrogen and oxygen atoms in total. The molecule has 23 heavy (non-hydrogen) atoms. The molecule has 1 amide bonds. The van der Waals surface area contributed by atoms with Crippen LogP contribution in [-0.4, -0.2) is 18.0 Å². The fourth-order valence-corrected chi connectivity index (χ4v) is 2.84. The van der Waals surface area contributed by atoms with Crippen molar-refractivity contribution in [2.24, 2.45) is 5.73 Å². The van der Waals surface area contributed by atoms with Gasteiger partial charge in [-0.05, 0) is 55.8 Å². The van der Waals surface area contributed by atoms with Gasteiger partial charge in [0, 0.05) is 33.3 Å². The smallest absolute Gasteiger partial charge is 0.251 e. The number of nitrogens with two attached hydrogens (primary N) is 1. The first-order valence-electron chi connectivity index (χ1n) is 7.38. The van der Waals surface area contributed by atoms with Crippen LogP contribution in [0.3, 0.4) is 0 Å². The third-order valence-corrected chi connectivity index (χ3v) is 4.47. The lowest BCUT2D eigenvalue weighted by molar-refractivity contribution is 0.0946. The molecule has 0 spiro atoms. The van der Waals surface area contributed by atoms with E-state index in [2.05, 4.69) is 5.32 Å². The maximum Gasteiger partial charge on any atom is 0.251 e. The second kappa shape index (κ2) is 7.86. The van der Waals surface area contributed by atoms with Crippen LogP contribution in [0.1, 0.15) is 29.8 Å². The predicted molar refractivity (Wildman–Crippen MR) is 98.1 cm³/mol. The van der Waals surface area contributed by atoms with Crippen molar-refractivity contribution >= 4 is 29.3 Å². The van der Waals surface area contributed by atoms with Crippen LogP contribution in [0.4, 0.5) is 0 Å². The van der Waals surface area contributed by atoms with Gasteiger partial charge in [-0.3, -0.25) is 4.79 Å². The molecule has 0 aliphatic rings. The quantitative estimate of drug-likeness (QED) is 0.773. The molecule has 0 aromatic heterocycles. The monoisotopic (exact) mass is 348 g/mol. The summed E-state index contributed by atoms with van der Waals surface area (Å²) in [6.45, 7) is 4.20. The van der Waals surface area contributed by atoms with Gasteiger partial charge in [-0.1, -0.05) is 23.7 Å². The summed E-state index contributed by atoms with van der Waals surface area (Å²) in [6, 6.07) is 15.4. The number of carbonyl (C=O) groups is 1. The van der Waals surface area contributed by atoms with Crippen molar-refractivity contribution in [1.82, 2.24) is 5.32 Å². The summed E-state index contributed by atoms with van der Waals surface area (Å²) < 4.78 is 0. The van der Waals surface area contributed by atoms with E-state index in [1.165, 1.54) is 10.5 Å². The standard InChI is InChI=1S/C18H21ClN2OS/c1-18(2,20)12-21-17(22)14-5-3-13(4-6-14)11-23-16-9-7-15(19)8-10-16/h3-10H,11-12,20H2,1-2H3,(H,21,22). The minimum atomic E-state index is -0.412. The van der Waals surface area contributed by atoms with E-state index in [4.69, 9.17) is 17.3 Å². The summed E-state index contributed by atoms with van der Waals surface area (Å²) in [5.41, 5.74) is 7.27. The van der Waals surface area contributed by atoms with Crippen molar-refractivity contribution in [2.45, 2.75) is 30.0 Å². The maximum absolute atomic E-state index is 12.0. The topological polar surface area (TPSA) is 55.1 Å². The van der Waals surface area contributed by atoms with Crippen LogP contribution < -0.4 is 11.1 Å². The Hall–Kier alpha value is -1.49. The van der Waals surface area contributed by atoms with E-state index < -0.39 is 5.54 Å². The molecule has 0 unspecified atom stereocenters. The van der Waals surface area contributed by atoms with E-state index >= 15 is 0 Å². The summed E-state index contributed by atoms with van der Waals surface area (Å²) in [7, 11) is 0. The Kier molecular flexibility index (Phi) is 6.10. The molecule has 0 heterocycles. The van der Waals surface area contributed by atoms with Gasteiger partial charge >= 0.3 is 0 Å². The number of hydrogen-bond donors (Lipinski definition) is 2. The molecular weight excluding hydrogens is 328 g/mol. The fraction of sp³-hybridized carbons (Fsp3) is 0.278. The molecule has 2 aromatic carbocycles. The Morgan fingerprint density at radius 3 is 2.30 bits per heavy atom. The first-order valence-corrected chi connectivity index (χ1v) is 8.74. The minimum absolute atomic E-state index is 0.0968. The number of rotatable bonds is 6. The maximum atomic E-state index is 12.0. The molecule has 0 saturated carbocycles. The highest BCUT2D eigenvalue weighted by Crippen LogP contribution is 2.24. The molecule has 0 bridgehead atoms. The second-order valence-corrected chi connectivity index (χ2v) is 7.60. The number of halogens is 1. The molecule has 0 aliphatic carbocycles. The van der Waals surface area contributed by atoms with Crippen LogP contribution in [0.2, 0.25) is 5.02 Å². The van der Waals surface area contributed by atoms with Crippen molar-refractivity contribution in [2.75, 3.05) is 6.54 Å². The van der Waals surface area contributed by atoms with Crippen molar-refractivity contribution < 1.29 is 4.79 Å². The summed E-state index contributed by atoms with van der Waals surface area (Å²) >= 11 is 7.61. The molecule has 3 N–H and O–H groups in total. The van der Waals surface area contributed by atoms with Gasteiger partial charge in [0.2, 0.25) is 0 Å². The van der Waals surface area contributed by atoms with Gasteiger partial charge in [-0.25, -0.2) is 0 Å². The normalized spacial score (nSPS) is 11.3. The first-order chi connectivity index (χ1) is 10.8.